The highest BCUT2D eigenvalue weighted by molar-refractivity contribution is 5.96. The van der Waals surface area contributed by atoms with Gasteiger partial charge in [0.25, 0.3) is 5.91 Å². The first-order valence-corrected chi connectivity index (χ1v) is 13.0. The van der Waals surface area contributed by atoms with Gasteiger partial charge >= 0.3 is 5.97 Å². The molecule has 2 aromatic rings. The van der Waals surface area contributed by atoms with Gasteiger partial charge in [0, 0.05) is 25.6 Å². The molecule has 1 aliphatic carbocycles. The van der Waals surface area contributed by atoms with Gasteiger partial charge in [-0.2, -0.15) is 4.98 Å². The van der Waals surface area contributed by atoms with Crippen molar-refractivity contribution in [1.82, 2.24) is 10.3 Å². The molecule has 0 radical (unpaired) electrons. The monoisotopic (exact) mass is 479 g/mol. The van der Waals surface area contributed by atoms with Crippen LogP contribution in [-0.2, 0) is 11.2 Å². The molecule has 7 nitrogen and oxygen atoms in total. The van der Waals surface area contributed by atoms with Crippen molar-refractivity contribution < 1.29 is 19.4 Å². The Labute approximate surface area is 207 Å². The number of piperidine rings is 1. The molecule has 188 valence electrons. The summed E-state index contributed by atoms with van der Waals surface area (Å²) in [5.74, 6) is 0.322. The van der Waals surface area contributed by atoms with Crippen LogP contribution in [0.25, 0.3) is 0 Å². The third kappa shape index (κ3) is 7.44. The van der Waals surface area contributed by atoms with Crippen molar-refractivity contribution in [3.05, 3.63) is 53.6 Å². The second-order valence-electron chi connectivity index (χ2n) is 9.82. The number of rotatable bonds is 10. The second-order valence-corrected chi connectivity index (χ2v) is 9.82. The van der Waals surface area contributed by atoms with E-state index in [1.807, 2.05) is 30.3 Å². The number of carbonyl (C=O) groups excluding carboxylic acids is 1. The Morgan fingerprint density at radius 1 is 1.03 bits per heavy atom. The molecule has 2 aliphatic rings. The number of ether oxygens (including phenoxy) is 1. The van der Waals surface area contributed by atoms with Crippen LogP contribution in [0.5, 0.6) is 5.88 Å². The second kappa shape index (κ2) is 12.6. The maximum Gasteiger partial charge on any atom is 0.303 e. The highest BCUT2D eigenvalue weighted by atomic mass is 16.5. The van der Waals surface area contributed by atoms with Crippen LogP contribution in [0.1, 0.15) is 73.7 Å². The Morgan fingerprint density at radius 3 is 2.60 bits per heavy atom. The van der Waals surface area contributed by atoms with Gasteiger partial charge in [-0.15, -0.1) is 0 Å². The summed E-state index contributed by atoms with van der Waals surface area (Å²) in [7, 11) is 0. The van der Waals surface area contributed by atoms with E-state index in [1.165, 1.54) is 12.0 Å². The number of benzene rings is 1. The largest absolute Gasteiger partial charge is 0.481 e. The molecule has 2 heterocycles. The quantitative estimate of drug-likeness (QED) is 0.474. The van der Waals surface area contributed by atoms with Crippen molar-refractivity contribution >= 4 is 17.7 Å². The number of carboxylic acids is 1. The molecule has 0 spiro atoms. The number of pyridine rings is 1. The molecule has 2 fully saturated rings. The zero-order chi connectivity index (χ0) is 24.5. The lowest BCUT2D eigenvalue weighted by Crippen LogP contribution is -2.38. The summed E-state index contributed by atoms with van der Waals surface area (Å²) < 4.78 is 6.10. The predicted octanol–water partition coefficient (Wildman–Crippen LogP) is 4.85. The minimum atomic E-state index is -0.762. The van der Waals surface area contributed by atoms with Gasteiger partial charge in [-0.3, -0.25) is 9.59 Å². The molecular weight excluding hydrogens is 442 g/mol. The van der Waals surface area contributed by atoms with Gasteiger partial charge in [-0.05, 0) is 62.1 Å². The SMILES string of the molecule is O=C(O)CC1CCCN(c2ccc(C(=O)NC3CCCCC3)c(OCCCc3ccccc3)n2)C1. The van der Waals surface area contributed by atoms with Crippen LogP contribution >= 0.6 is 0 Å². The van der Waals surface area contributed by atoms with Gasteiger partial charge in [0.2, 0.25) is 5.88 Å². The van der Waals surface area contributed by atoms with Crippen LogP contribution < -0.4 is 15.0 Å². The Bertz CT molecular complexity index is 975. The van der Waals surface area contributed by atoms with E-state index in [2.05, 4.69) is 22.3 Å². The van der Waals surface area contributed by atoms with Crippen molar-refractivity contribution in [3.8, 4) is 5.88 Å². The van der Waals surface area contributed by atoms with Gasteiger partial charge < -0.3 is 20.1 Å². The normalized spacial score (nSPS) is 18.7. The molecule has 1 unspecified atom stereocenters. The minimum Gasteiger partial charge on any atom is -0.481 e. The number of carboxylic acid groups (broad SMARTS) is 1. The lowest BCUT2D eigenvalue weighted by atomic mass is 9.95. The van der Waals surface area contributed by atoms with E-state index in [9.17, 15) is 14.7 Å². The van der Waals surface area contributed by atoms with Crippen molar-refractivity contribution in [2.75, 3.05) is 24.6 Å². The van der Waals surface area contributed by atoms with E-state index in [0.717, 1.165) is 63.7 Å². The van der Waals surface area contributed by atoms with E-state index < -0.39 is 5.97 Å². The highest BCUT2D eigenvalue weighted by Gasteiger charge is 2.25. The van der Waals surface area contributed by atoms with Crippen LogP contribution in [0.2, 0.25) is 0 Å². The van der Waals surface area contributed by atoms with Gasteiger partial charge in [0.05, 0.1) is 6.61 Å². The molecule has 1 amide bonds. The van der Waals surface area contributed by atoms with Crippen LogP contribution in [0, 0.1) is 5.92 Å². The smallest absolute Gasteiger partial charge is 0.303 e. The number of amides is 1. The molecule has 1 saturated carbocycles. The zero-order valence-corrected chi connectivity index (χ0v) is 20.5. The first-order valence-electron chi connectivity index (χ1n) is 13.0. The van der Waals surface area contributed by atoms with Crippen molar-refractivity contribution in [1.29, 1.82) is 0 Å². The lowest BCUT2D eigenvalue weighted by molar-refractivity contribution is -0.138. The number of hydrogen-bond donors (Lipinski definition) is 2. The van der Waals surface area contributed by atoms with E-state index in [4.69, 9.17) is 9.72 Å². The molecule has 1 saturated heterocycles. The van der Waals surface area contributed by atoms with Crippen molar-refractivity contribution in [2.45, 2.75) is 70.3 Å². The standard InChI is InChI=1S/C28H37N3O4/c32-26(33)19-22-11-7-17-31(20-22)25-16-15-24(27(34)29-23-13-5-2-6-14-23)28(30-25)35-18-8-12-21-9-3-1-4-10-21/h1,3-4,9-10,15-16,22-23H,2,5-8,11-14,17-20H2,(H,29,34)(H,32,33). The molecule has 1 aromatic heterocycles. The third-order valence-corrected chi connectivity index (χ3v) is 7.03. The van der Waals surface area contributed by atoms with Crippen molar-refractivity contribution in [3.63, 3.8) is 0 Å². The van der Waals surface area contributed by atoms with Crippen molar-refractivity contribution in [2.24, 2.45) is 5.92 Å². The highest BCUT2D eigenvalue weighted by Crippen LogP contribution is 2.28. The molecule has 2 N–H and O–H groups in total. The number of hydrogen-bond acceptors (Lipinski definition) is 5. The molecule has 7 heteroatoms. The molecule has 1 aromatic carbocycles. The molecule has 1 atom stereocenters. The van der Waals surface area contributed by atoms with Crippen LogP contribution in [0.3, 0.4) is 0 Å². The van der Waals surface area contributed by atoms with E-state index in [0.29, 0.717) is 24.6 Å². The summed E-state index contributed by atoms with van der Waals surface area (Å²) in [6.07, 6.45) is 9.29. The molecule has 4 rings (SSSR count). The van der Waals surface area contributed by atoms with Gasteiger partial charge in [0.15, 0.2) is 0 Å². The predicted molar refractivity (Wildman–Crippen MR) is 136 cm³/mol. The zero-order valence-electron chi connectivity index (χ0n) is 20.5. The number of aliphatic carboxylic acids is 1. The molecular formula is C28H37N3O4. The topological polar surface area (TPSA) is 91.8 Å². The summed E-state index contributed by atoms with van der Waals surface area (Å²) in [5, 5.41) is 12.4. The fourth-order valence-corrected chi connectivity index (χ4v) is 5.18. The fraction of sp³-hybridized carbons (Fsp3) is 0.536. The summed E-state index contributed by atoms with van der Waals surface area (Å²) >= 11 is 0. The van der Waals surface area contributed by atoms with Gasteiger partial charge in [-0.25, -0.2) is 0 Å². The van der Waals surface area contributed by atoms with E-state index in [-0.39, 0.29) is 24.3 Å². The molecule has 0 bridgehead atoms. The maximum atomic E-state index is 13.1. The fourth-order valence-electron chi connectivity index (χ4n) is 5.18. The number of nitrogens with one attached hydrogen (secondary N) is 1. The first-order chi connectivity index (χ1) is 17.1. The van der Waals surface area contributed by atoms with Crippen LogP contribution in [0.15, 0.2) is 42.5 Å². The lowest BCUT2D eigenvalue weighted by Gasteiger charge is -2.33. The van der Waals surface area contributed by atoms with Gasteiger partial charge in [-0.1, -0.05) is 49.6 Å². The van der Waals surface area contributed by atoms with Crippen LogP contribution in [0.4, 0.5) is 5.82 Å². The van der Waals surface area contributed by atoms with Gasteiger partial charge in [0.1, 0.15) is 11.4 Å². The average molecular weight is 480 g/mol. The minimum absolute atomic E-state index is 0.104. The number of carbonyl (C=O) groups is 2. The Hall–Kier alpha value is -3.09. The Morgan fingerprint density at radius 2 is 1.83 bits per heavy atom. The summed E-state index contributed by atoms with van der Waals surface area (Å²) in [5.41, 5.74) is 1.73. The van der Waals surface area contributed by atoms with E-state index in [1.54, 1.807) is 0 Å². The summed E-state index contributed by atoms with van der Waals surface area (Å²) in [6.45, 7) is 1.95. The number of nitrogens with zero attached hydrogens (tertiary/aromatic N) is 2. The molecule has 35 heavy (non-hydrogen) atoms. The number of aromatic nitrogens is 1. The average Bonchev–Trinajstić information content (AvgIpc) is 2.87. The third-order valence-electron chi connectivity index (χ3n) is 7.03. The van der Waals surface area contributed by atoms with E-state index >= 15 is 0 Å². The molecule has 1 aliphatic heterocycles. The summed E-state index contributed by atoms with van der Waals surface area (Å²) in [4.78, 5) is 31.2. The first kappa shape index (κ1) is 25.0. The maximum absolute atomic E-state index is 13.1. The number of anilines is 1. The van der Waals surface area contributed by atoms with Crippen LogP contribution in [-0.4, -0.2) is 47.7 Å². The Kier molecular flexibility index (Phi) is 8.98. The summed E-state index contributed by atoms with van der Waals surface area (Å²) in [6, 6.07) is 14.2. The Balaban J connectivity index is 1.46. The number of aryl methyl sites for hydroxylation is 1.